The molecule has 3 aromatic rings. The number of rotatable bonds is 6. The van der Waals surface area contributed by atoms with Crippen molar-refractivity contribution < 1.29 is 14.1 Å². The van der Waals surface area contributed by atoms with Crippen molar-refractivity contribution in [3.63, 3.8) is 0 Å². The molecule has 2 aromatic heterocycles. The van der Waals surface area contributed by atoms with Gasteiger partial charge in [-0.3, -0.25) is 24.3 Å². The van der Waals surface area contributed by atoms with E-state index in [1.807, 2.05) is 6.92 Å². The van der Waals surface area contributed by atoms with Gasteiger partial charge in [0.1, 0.15) is 23.7 Å². The van der Waals surface area contributed by atoms with Gasteiger partial charge in [-0.15, -0.1) is 0 Å². The molecule has 1 atom stereocenters. The van der Waals surface area contributed by atoms with Crippen molar-refractivity contribution in [2.75, 3.05) is 5.32 Å². The predicted octanol–water partition coefficient (Wildman–Crippen LogP) is 3.30. The van der Waals surface area contributed by atoms with E-state index in [2.05, 4.69) is 15.5 Å². The Morgan fingerprint density at radius 3 is 2.45 bits per heavy atom. The molecule has 0 aliphatic heterocycles. The third kappa shape index (κ3) is 4.15. The van der Waals surface area contributed by atoms with Gasteiger partial charge in [0.25, 0.3) is 0 Å². The van der Waals surface area contributed by atoms with Crippen LogP contribution >= 0.6 is 0 Å². The van der Waals surface area contributed by atoms with Crippen LogP contribution in [0.3, 0.4) is 0 Å². The summed E-state index contributed by atoms with van der Waals surface area (Å²) in [5, 5.41) is 22.4. The number of carbonyl (C=O) groups is 1. The van der Waals surface area contributed by atoms with E-state index in [-0.39, 0.29) is 23.1 Å². The van der Waals surface area contributed by atoms with Gasteiger partial charge in [-0.25, -0.2) is 4.39 Å². The monoisotopic (exact) mass is 400 g/mol. The summed E-state index contributed by atoms with van der Waals surface area (Å²) in [6.45, 7) is 7.17. The number of nitrogens with zero attached hydrogens (tertiary/aromatic N) is 5. The first-order chi connectivity index (χ1) is 13.7. The topological polar surface area (TPSA) is 108 Å². The molecule has 0 bridgehead atoms. The molecular formula is C19H21FN6O3. The summed E-state index contributed by atoms with van der Waals surface area (Å²) in [6, 6.07) is 5.38. The normalized spacial score (nSPS) is 12.0. The average molecular weight is 400 g/mol. The van der Waals surface area contributed by atoms with Crippen molar-refractivity contribution in [1.82, 2.24) is 19.6 Å². The fourth-order valence-electron chi connectivity index (χ4n) is 2.99. The Hall–Kier alpha value is -3.56. The SMILES string of the molecule is Cc1nn(C(C)C(=O)Nc2c(C)nn(Cc3ccc(F)cc3)c2C)cc1[N+](=O)[O-]. The first-order valence-corrected chi connectivity index (χ1v) is 8.96. The fraction of sp³-hybridized carbons (Fsp3) is 0.316. The Labute approximate surface area is 166 Å². The van der Waals surface area contributed by atoms with Gasteiger partial charge in [-0.2, -0.15) is 10.2 Å². The third-order valence-corrected chi connectivity index (χ3v) is 4.74. The van der Waals surface area contributed by atoms with Crippen LogP contribution in [0.15, 0.2) is 30.5 Å². The molecule has 0 spiro atoms. The van der Waals surface area contributed by atoms with E-state index in [4.69, 9.17) is 0 Å². The first-order valence-electron chi connectivity index (χ1n) is 8.96. The second-order valence-electron chi connectivity index (χ2n) is 6.83. The van der Waals surface area contributed by atoms with Crippen LogP contribution in [-0.4, -0.2) is 30.4 Å². The zero-order chi connectivity index (χ0) is 21.3. The Balaban J connectivity index is 1.78. The molecule has 152 valence electrons. The minimum absolute atomic E-state index is 0.135. The molecule has 3 rings (SSSR count). The maximum absolute atomic E-state index is 13.1. The molecule has 0 aliphatic rings. The van der Waals surface area contributed by atoms with Gasteiger partial charge in [0, 0.05) is 0 Å². The standard InChI is InChI=1S/C19H21FN6O3/c1-11-17(26(28)29)10-25(22-11)14(4)19(27)21-18-12(2)23-24(13(18)3)9-15-5-7-16(20)8-6-15/h5-8,10,14H,9H2,1-4H3,(H,21,27). The highest BCUT2D eigenvalue weighted by Gasteiger charge is 2.24. The van der Waals surface area contributed by atoms with Gasteiger partial charge < -0.3 is 5.32 Å². The molecule has 1 amide bonds. The summed E-state index contributed by atoms with van der Waals surface area (Å²) >= 11 is 0. The molecule has 29 heavy (non-hydrogen) atoms. The van der Waals surface area contributed by atoms with Gasteiger partial charge in [0.15, 0.2) is 0 Å². The van der Waals surface area contributed by atoms with Crippen LogP contribution < -0.4 is 5.32 Å². The zero-order valence-electron chi connectivity index (χ0n) is 16.5. The highest BCUT2D eigenvalue weighted by Crippen LogP contribution is 2.23. The van der Waals surface area contributed by atoms with Crippen molar-refractivity contribution in [1.29, 1.82) is 0 Å². The van der Waals surface area contributed by atoms with E-state index in [1.165, 1.54) is 29.9 Å². The lowest BCUT2D eigenvalue weighted by Gasteiger charge is -2.13. The van der Waals surface area contributed by atoms with Gasteiger partial charge >= 0.3 is 5.69 Å². The largest absolute Gasteiger partial charge is 0.321 e. The quantitative estimate of drug-likeness (QED) is 0.504. The van der Waals surface area contributed by atoms with E-state index in [0.29, 0.717) is 17.9 Å². The first kappa shape index (κ1) is 20.2. The summed E-state index contributed by atoms with van der Waals surface area (Å²) in [5.74, 6) is -0.673. The van der Waals surface area contributed by atoms with Crippen molar-refractivity contribution in [3.8, 4) is 0 Å². The van der Waals surface area contributed by atoms with Crippen molar-refractivity contribution in [3.05, 3.63) is 69.0 Å². The highest BCUT2D eigenvalue weighted by atomic mass is 19.1. The number of benzene rings is 1. The maximum atomic E-state index is 13.1. The Kier molecular flexibility index (Phi) is 5.44. The molecule has 10 heteroatoms. The molecule has 0 saturated heterocycles. The number of aromatic nitrogens is 4. The van der Waals surface area contributed by atoms with Gasteiger partial charge in [0.05, 0.1) is 28.5 Å². The minimum atomic E-state index is -0.748. The second-order valence-corrected chi connectivity index (χ2v) is 6.83. The summed E-state index contributed by atoms with van der Waals surface area (Å²) in [5.41, 5.74) is 2.94. The number of nitrogens with one attached hydrogen (secondary N) is 1. The Morgan fingerprint density at radius 1 is 1.21 bits per heavy atom. The second kappa shape index (κ2) is 7.82. The number of aryl methyl sites for hydroxylation is 2. The van der Waals surface area contributed by atoms with Crippen LogP contribution in [-0.2, 0) is 11.3 Å². The lowest BCUT2D eigenvalue weighted by Crippen LogP contribution is -2.24. The summed E-state index contributed by atoms with van der Waals surface area (Å²) < 4.78 is 16.1. The van der Waals surface area contributed by atoms with Crippen molar-refractivity contribution >= 4 is 17.3 Å². The highest BCUT2D eigenvalue weighted by molar-refractivity contribution is 5.94. The number of hydrogen-bond acceptors (Lipinski definition) is 5. The van der Waals surface area contributed by atoms with Crippen molar-refractivity contribution in [2.24, 2.45) is 0 Å². The Bertz CT molecular complexity index is 1070. The molecule has 1 unspecified atom stereocenters. The summed E-state index contributed by atoms with van der Waals surface area (Å²) in [7, 11) is 0. The molecule has 0 saturated carbocycles. The zero-order valence-corrected chi connectivity index (χ0v) is 16.5. The lowest BCUT2D eigenvalue weighted by molar-refractivity contribution is -0.385. The smallest absolute Gasteiger partial charge is 0.309 e. The molecule has 0 aliphatic carbocycles. The molecule has 1 aromatic carbocycles. The van der Waals surface area contributed by atoms with E-state index >= 15 is 0 Å². The van der Waals surface area contributed by atoms with E-state index in [0.717, 1.165) is 11.3 Å². The van der Waals surface area contributed by atoms with Crippen LogP contribution in [0.25, 0.3) is 0 Å². The summed E-state index contributed by atoms with van der Waals surface area (Å²) in [4.78, 5) is 23.2. The average Bonchev–Trinajstić information content (AvgIpc) is 3.18. The van der Waals surface area contributed by atoms with Gasteiger partial charge in [0.2, 0.25) is 5.91 Å². The number of halogens is 1. The van der Waals surface area contributed by atoms with E-state index in [9.17, 15) is 19.3 Å². The van der Waals surface area contributed by atoms with E-state index in [1.54, 1.807) is 30.7 Å². The third-order valence-electron chi connectivity index (χ3n) is 4.74. The van der Waals surface area contributed by atoms with Crippen LogP contribution in [0.1, 0.15) is 35.6 Å². The summed E-state index contributed by atoms with van der Waals surface area (Å²) in [6.07, 6.45) is 1.25. The molecule has 0 fully saturated rings. The molecular weight excluding hydrogens is 379 g/mol. The van der Waals surface area contributed by atoms with Gasteiger partial charge in [-0.1, -0.05) is 12.1 Å². The molecule has 2 heterocycles. The number of carbonyl (C=O) groups excluding carboxylic acids is 1. The van der Waals surface area contributed by atoms with Crippen LogP contribution in [0, 0.1) is 36.7 Å². The number of nitro groups is 1. The lowest BCUT2D eigenvalue weighted by atomic mass is 10.2. The van der Waals surface area contributed by atoms with Crippen molar-refractivity contribution in [2.45, 2.75) is 40.3 Å². The minimum Gasteiger partial charge on any atom is -0.321 e. The van der Waals surface area contributed by atoms with Crippen LogP contribution in [0.4, 0.5) is 15.8 Å². The number of anilines is 1. The molecule has 9 nitrogen and oxygen atoms in total. The van der Waals surface area contributed by atoms with E-state index < -0.39 is 11.0 Å². The molecule has 1 N–H and O–H groups in total. The van der Waals surface area contributed by atoms with Gasteiger partial charge in [-0.05, 0) is 45.4 Å². The fourth-order valence-corrected chi connectivity index (χ4v) is 2.99. The number of hydrogen-bond donors (Lipinski definition) is 1. The maximum Gasteiger partial charge on any atom is 0.309 e. The van der Waals surface area contributed by atoms with Crippen LogP contribution in [0.5, 0.6) is 0 Å². The Morgan fingerprint density at radius 2 is 1.86 bits per heavy atom. The molecule has 0 radical (unpaired) electrons. The number of amides is 1. The van der Waals surface area contributed by atoms with Crippen LogP contribution in [0.2, 0.25) is 0 Å². The predicted molar refractivity (Wildman–Crippen MR) is 104 cm³/mol.